The smallest absolute Gasteiger partial charge is 0.391 e. The molecule has 2 rings (SSSR count). The molecule has 0 spiro atoms. The number of thioether (sulfide) groups is 1. The Kier molecular flexibility index (Phi) is 4.59. The number of nitrogens with one attached hydrogen (secondary N) is 1. The summed E-state index contributed by atoms with van der Waals surface area (Å²) >= 11 is -0.315. The van der Waals surface area contributed by atoms with Crippen LogP contribution in [-0.4, -0.2) is 29.2 Å². The van der Waals surface area contributed by atoms with Crippen molar-refractivity contribution in [3.63, 3.8) is 0 Å². The molecule has 1 aromatic rings. The van der Waals surface area contributed by atoms with Crippen molar-refractivity contribution in [1.82, 2.24) is 5.32 Å². The van der Waals surface area contributed by atoms with E-state index >= 15 is 0 Å². The van der Waals surface area contributed by atoms with Gasteiger partial charge in [0.25, 0.3) is 5.91 Å². The van der Waals surface area contributed by atoms with Gasteiger partial charge >= 0.3 is 5.51 Å². The Morgan fingerprint density at radius 3 is 2.65 bits per heavy atom. The lowest BCUT2D eigenvalue weighted by atomic mass is 10.2. The topological polar surface area (TPSA) is 49.3 Å². The third-order valence-electron chi connectivity index (χ3n) is 3.00. The maximum atomic E-state index is 12.4. The fourth-order valence-electron chi connectivity index (χ4n) is 1.81. The van der Waals surface area contributed by atoms with E-state index in [0.717, 1.165) is 12.8 Å². The normalized spacial score (nSPS) is 16.8. The quantitative estimate of drug-likeness (QED) is 0.823. The minimum atomic E-state index is -4.44. The van der Waals surface area contributed by atoms with Crippen molar-refractivity contribution >= 4 is 17.7 Å². The Hall–Kier alpha value is -1.21. The molecule has 0 saturated heterocycles. The molecule has 1 aliphatic rings. The molecule has 7 heteroatoms. The summed E-state index contributed by atoms with van der Waals surface area (Å²) in [5.74, 6) is -0.396. The largest absolute Gasteiger partial charge is 0.446 e. The molecule has 3 nitrogen and oxygen atoms in total. The van der Waals surface area contributed by atoms with Crippen LogP contribution in [0.4, 0.5) is 13.2 Å². The minimum absolute atomic E-state index is 0.0298. The molecule has 1 unspecified atom stereocenters. The number of alkyl halides is 3. The Labute approximate surface area is 118 Å². The summed E-state index contributed by atoms with van der Waals surface area (Å²) in [5.41, 5.74) is -4.47. The Balaban J connectivity index is 2.01. The summed E-state index contributed by atoms with van der Waals surface area (Å²) in [4.78, 5) is 11.8. The minimum Gasteiger partial charge on any atom is -0.391 e. The zero-order chi connectivity index (χ0) is 14.8. The SMILES string of the molecule is O=C(NCC(O)C1CC1)c1ccccc1SC(F)(F)F. The first-order valence-electron chi connectivity index (χ1n) is 6.18. The molecule has 1 fully saturated rings. The number of carbonyl (C=O) groups excluding carboxylic acids is 1. The van der Waals surface area contributed by atoms with Crippen molar-refractivity contribution in [3.05, 3.63) is 29.8 Å². The van der Waals surface area contributed by atoms with Crippen LogP contribution in [0.25, 0.3) is 0 Å². The van der Waals surface area contributed by atoms with Gasteiger partial charge in [0, 0.05) is 11.4 Å². The van der Waals surface area contributed by atoms with E-state index in [9.17, 15) is 23.1 Å². The molecule has 0 aromatic heterocycles. The number of benzene rings is 1. The zero-order valence-corrected chi connectivity index (χ0v) is 11.3. The second-order valence-electron chi connectivity index (χ2n) is 4.66. The van der Waals surface area contributed by atoms with Crippen molar-refractivity contribution in [1.29, 1.82) is 0 Å². The fourth-order valence-corrected chi connectivity index (χ4v) is 2.47. The summed E-state index contributed by atoms with van der Waals surface area (Å²) in [6.07, 6.45) is 1.23. The van der Waals surface area contributed by atoms with Crippen LogP contribution in [0, 0.1) is 5.92 Å². The monoisotopic (exact) mass is 305 g/mol. The number of halogens is 3. The fraction of sp³-hybridized carbons (Fsp3) is 0.462. The lowest BCUT2D eigenvalue weighted by molar-refractivity contribution is -0.0328. The van der Waals surface area contributed by atoms with Crippen LogP contribution in [0.2, 0.25) is 0 Å². The highest BCUT2D eigenvalue weighted by atomic mass is 32.2. The van der Waals surface area contributed by atoms with Gasteiger partial charge < -0.3 is 10.4 Å². The lowest BCUT2D eigenvalue weighted by Crippen LogP contribution is -2.33. The number of aliphatic hydroxyl groups is 1. The van der Waals surface area contributed by atoms with Crippen LogP contribution in [0.15, 0.2) is 29.2 Å². The lowest BCUT2D eigenvalue weighted by Gasteiger charge is -2.13. The zero-order valence-electron chi connectivity index (χ0n) is 10.5. The predicted octanol–water partition coefficient (Wildman–Crippen LogP) is 2.80. The van der Waals surface area contributed by atoms with E-state index in [4.69, 9.17) is 0 Å². The number of carbonyl (C=O) groups is 1. The Morgan fingerprint density at radius 1 is 1.40 bits per heavy atom. The number of aliphatic hydroxyl groups excluding tert-OH is 1. The van der Waals surface area contributed by atoms with Crippen LogP contribution in [0.5, 0.6) is 0 Å². The van der Waals surface area contributed by atoms with Gasteiger partial charge in [-0.25, -0.2) is 0 Å². The molecule has 0 aliphatic heterocycles. The summed E-state index contributed by atoms with van der Waals surface area (Å²) in [5, 5.41) is 12.1. The van der Waals surface area contributed by atoms with Crippen molar-refractivity contribution in [2.45, 2.75) is 29.3 Å². The predicted molar refractivity (Wildman–Crippen MR) is 69.4 cm³/mol. The molecule has 0 bridgehead atoms. The van der Waals surface area contributed by atoms with E-state index in [1.807, 2.05) is 0 Å². The van der Waals surface area contributed by atoms with Gasteiger partial charge in [0.1, 0.15) is 0 Å². The second kappa shape index (κ2) is 6.05. The van der Waals surface area contributed by atoms with Crippen molar-refractivity contribution < 1.29 is 23.1 Å². The van der Waals surface area contributed by atoms with E-state index in [0.29, 0.717) is 0 Å². The Morgan fingerprint density at radius 2 is 2.05 bits per heavy atom. The van der Waals surface area contributed by atoms with Crippen LogP contribution >= 0.6 is 11.8 Å². The molecule has 1 atom stereocenters. The van der Waals surface area contributed by atoms with Crippen LogP contribution in [0.1, 0.15) is 23.2 Å². The number of hydrogen-bond acceptors (Lipinski definition) is 3. The highest BCUT2D eigenvalue weighted by Gasteiger charge is 2.32. The number of hydrogen-bond donors (Lipinski definition) is 2. The molecular formula is C13H14F3NO2S. The van der Waals surface area contributed by atoms with Gasteiger partial charge in [-0.2, -0.15) is 13.2 Å². The molecule has 2 N–H and O–H groups in total. The van der Waals surface area contributed by atoms with Gasteiger partial charge in [-0.3, -0.25) is 4.79 Å². The average molecular weight is 305 g/mol. The molecule has 1 amide bonds. The maximum Gasteiger partial charge on any atom is 0.446 e. The number of amides is 1. The highest BCUT2D eigenvalue weighted by Crippen LogP contribution is 2.38. The van der Waals surface area contributed by atoms with Crippen LogP contribution in [-0.2, 0) is 0 Å². The maximum absolute atomic E-state index is 12.4. The van der Waals surface area contributed by atoms with Crippen molar-refractivity contribution in [2.24, 2.45) is 5.92 Å². The molecule has 0 radical (unpaired) electrons. The third kappa shape index (κ3) is 4.42. The molecule has 1 aliphatic carbocycles. The van der Waals surface area contributed by atoms with Crippen molar-refractivity contribution in [3.8, 4) is 0 Å². The standard InChI is InChI=1S/C13H14F3NO2S/c14-13(15,16)20-11-4-2-1-3-9(11)12(19)17-7-10(18)8-5-6-8/h1-4,8,10,18H,5-7H2,(H,17,19). The Bertz CT molecular complexity index is 489. The highest BCUT2D eigenvalue weighted by molar-refractivity contribution is 8.00. The summed E-state index contributed by atoms with van der Waals surface area (Å²) in [6, 6.07) is 5.55. The summed E-state index contributed by atoms with van der Waals surface area (Å²) in [6.45, 7) is 0.0640. The first-order chi connectivity index (χ1) is 9.37. The first-order valence-corrected chi connectivity index (χ1v) is 6.99. The molecular weight excluding hydrogens is 291 g/mol. The first kappa shape index (κ1) is 15.2. The van der Waals surface area contributed by atoms with Gasteiger partial charge in [0.15, 0.2) is 0 Å². The van der Waals surface area contributed by atoms with E-state index in [1.54, 1.807) is 0 Å². The average Bonchev–Trinajstić information content (AvgIpc) is 3.18. The van der Waals surface area contributed by atoms with E-state index < -0.39 is 17.5 Å². The van der Waals surface area contributed by atoms with Crippen LogP contribution < -0.4 is 5.32 Å². The molecule has 1 aromatic carbocycles. The second-order valence-corrected chi connectivity index (χ2v) is 5.77. The number of rotatable bonds is 5. The molecule has 110 valence electrons. The van der Waals surface area contributed by atoms with Crippen LogP contribution in [0.3, 0.4) is 0 Å². The van der Waals surface area contributed by atoms with Gasteiger partial charge in [-0.15, -0.1) is 0 Å². The summed E-state index contributed by atoms with van der Waals surface area (Å²) in [7, 11) is 0. The van der Waals surface area contributed by atoms with Gasteiger partial charge in [0.2, 0.25) is 0 Å². The summed E-state index contributed by atoms with van der Waals surface area (Å²) < 4.78 is 37.2. The van der Waals surface area contributed by atoms with E-state index in [2.05, 4.69) is 5.32 Å². The molecule has 1 saturated carbocycles. The van der Waals surface area contributed by atoms with Crippen molar-refractivity contribution in [2.75, 3.05) is 6.54 Å². The molecule has 0 heterocycles. The van der Waals surface area contributed by atoms with Gasteiger partial charge in [-0.1, -0.05) is 12.1 Å². The van der Waals surface area contributed by atoms with E-state index in [1.165, 1.54) is 24.3 Å². The van der Waals surface area contributed by atoms with Gasteiger partial charge in [-0.05, 0) is 42.7 Å². The van der Waals surface area contributed by atoms with Gasteiger partial charge in [0.05, 0.1) is 11.7 Å². The van der Waals surface area contributed by atoms with E-state index in [-0.39, 0.29) is 34.7 Å². The molecule has 20 heavy (non-hydrogen) atoms. The third-order valence-corrected chi connectivity index (χ3v) is 3.80.